The molecular weight excluding hydrogens is 324 g/mol. The van der Waals surface area contributed by atoms with Crippen molar-refractivity contribution >= 4 is 22.8 Å². The first-order chi connectivity index (χ1) is 11.9. The molecule has 1 aromatic carbocycles. The summed E-state index contributed by atoms with van der Waals surface area (Å²) in [7, 11) is 0. The molecule has 2 aliphatic carbocycles. The summed E-state index contributed by atoms with van der Waals surface area (Å²) in [6.07, 6.45) is 7.80. The lowest BCUT2D eigenvalue weighted by Gasteiger charge is -2.40. The van der Waals surface area contributed by atoms with Crippen molar-refractivity contribution in [3.8, 4) is 0 Å². The molecule has 0 saturated heterocycles. The SMILES string of the molecule is CC1CCCC(=NNc2ccc([N+](=O)[O-])cc2[N+](=O)[O-])C12CCCC2. The zero-order valence-electron chi connectivity index (χ0n) is 14.2. The van der Waals surface area contributed by atoms with Crippen LogP contribution in [0.2, 0.25) is 0 Å². The second-order valence-corrected chi connectivity index (χ2v) is 7.04. The average Bonchev–Trinajstić information content (AvgIpc) is 3.06. The van der Waals surface area contributed by atoms with Crippen LogP contribution in [0, 0.1) is 31.6 Å². The maximum Gasteiger partial charge on any atom is 0.301 e. The monoisotopic (exact) mass is 346 g/mol. The molecule has 8 nitrogen and oxygen atoms in total. The molecule has 0 radical (unpaired) electrons. The van der Waals surface area contributed by atoms with Crippen molar-refractivity contribution in [1.82, 2.24) is 0 Å². The lowest BCUT2D eigenvalue weighted by molar-refractivity contribution is -0.393. The third kappa shape index (κ3) is 3.20. The highest BCUT2D eigenvalue weighted by molar-refractivity contribution is 5.92. The van der Waals surface area contributed by atoms with Crippen LogP contribution in [0.25, 0.3) is 0 Å². The van der Waals surface area contributed by atoms with E-state index in [1.165, 1.54) is 31.4 Å². The minimum atomic E-state index is -0.640. The second kappa shape index (κ2) is 6.78. The Morgan fingerprint density at radius 1 is 1.16 bits per heavy atom. The molecule has 2 aliphatic rings. The number of rotatable bonds is 4. The average molecular weight is 346 g/mol. The summed E-state index contributed by atoms with van der Waals surface area (Å²) in [5.74, 6) is 0.566. The number of hydrogen-bond donors (Lipinski definition) is 1. The van der Waals surface area contributed by atoms with Crippen molar-refractivity contribution in [2.45, 2.75) is 51.9 Å². The standard InChI is InChI=1S/C17H22N4O4/c1-12-5-4-6-16(17(12)9-2-3-10-17)19-18-14-8-7-13(20(22)23)11-15(14)21(24)25/h7-8,11-12,18H,2-6,9-10H2,1H3. The fourth-order valence-electron chi connectivity index (χ4n) is 4.35. The van der Waals surface area contributed by atoms with Gasteiger partial charge in [0.25, 0.3) is 5.69 Å². The predicted molar refractivity (Wildman–Crippen MR) is 94.7 cm³/mol. The maximum atomic E-state index is 11.2. The van der Waals surface area contributed by atoms with Crippen LogP contribution in [0.4, 0.5) is 17.1 Å². The van der Waals surface area contributed by atoms with Crippen molar-refractivity contribution in [3.05, 3.63) is 38.4 Å². The fraction of sp³-hybridized carbons (Fsp3) is 0.588. The summed E-state index contributed by atoms with van der Waals surface area (Å²) < 4.78 is 0. The number of nitrogens with one attached hydrogen (secondary N) is 1. The van der Waals surface area contributed by atoms with E-state index < -0.39 is 9.85 Å². The summed E-state index contributed by atoms with van der Waals surface area (Å²) in [5, 5.41) is 26.6. The van der Waals surface area contributed by atoms with Gasteiger partial charge in [-0.25, -0.2) is 0 Å². The van der Waals surface area contributed by atoms with E-state index in [0.29, 0.717) is 5.92 Å². The number of nitrogens with zero attached hydrogens (tertiary/aromatic N) is 3. The number of benzene rings is 1. The van der Waals surface area contributed by atoms with Crippen LogP contribution in [0.15, 0.2) is 23.3 Å². The van der Waals surface area contributed by atoms with Gasteiger partial charge in [-0.2, -0.15) is 5.10 Å². The van der Waals surface area contributed by atoms with Crippen LogP contribution >= 0.6 is 0 Å². The molecule has 1 unspecified atom stereocenters. The van der Waals surface area contributed by atoms with Crippen LogP contribution in [-0.2, 0) is 0 Å². The lowest BCUT2D eigenvalue weighted by atomic mass is 9.64. The quantitative estimate of drug-likeness (QED) is 0.630. The Morgan fingerprint density at radius 2 is 1.88 bits per heavy atom. The molecule has 3 rings (SSSR count). The Labute approximate surface area is 145 Å². The Balaban J connectivity index is 1.90. The van der Waals surface area contributed by atoms with Gasteiger partial charge < -0.3 is 0 Å². The van der Waals surface area contributed by atoms with E-state index in [4.69, 9.17) is 0 Å². The predicted octanol–water partition coefficient (Wildman–Crippen LogP) is 4.65. The van der Waals surface area contributed by atoms with Crippen molar-refractivity contribution in [2.24, 2.45) is 16.4 Å². The zero-order valence-corrected chi connectivity index (χ0v) is 14.2. The van der Waals surface area contributed by atoms with Gasteiger partial charge in [-0.3, -0.25) is 25.7 Å². The minimum absolute atomic E-state index is 0.112. The topological polar surface area (TPSA) is 111 Å². The van der Waals surface area contributed by atoms with Crippen molar-refractivity contribution in [3.63, 3.8) is 0 Å². The Hall–Kier alpha value is -2.51. The molecule has 25 heavy (non-hydrogen) atoms. The highest BCUT2D eigenvalue weighted by Crippen LogP contribution is 2.50. The number of hydrazone groups is 1. The largest absolute Gasteiger partial charge is 0.301 e. The summed E-state index contributed by atoms with van der Waals surface area (Å²) in [5.41, 5.74) is 3.59. The van der Waals surface area contributed by atoms with Gasteiger partial charge in [-0.1, -0.05) is 19.8 Å². The number of hydrogen-bond acceptors (Lipinski definition) is 6. The van der Waals surface area contributed by atoms with Crippen LogP contribution < -0.4 is 5.43 Å². The summed E-state index contributed by atoms with van der Waals surface area (Å²) in [4.78, 5) is 20.8. The lowest BCUT2D eigenvalue weighted by Crippen LogP contribution is -2.38. The molecule has 0 bridgehead atoms. The van der Waals surface area contributed by atoms with Gasteiger partial charge in [0.1, 0.15) is 5.69 Å². The second-order valence-electron chi connectivity index (χ2n) is 7.04. The smallest absolute Gasteiger partial charge is 0.272 e. The molecular formula is C17H22N4O4. The van der Waals surface area contributed by atoms with E-state index in [1.807, 2.05) is 0 Å². The zero-order chi connectivity index (χ0) is 18.0. The van der Waals surface area contributed by atoms with Gasteiger partial charge in [0.2, 0.25) is 0 Å². The minimum Gasteiger partial charge on any atom is -0.272 e. The fourth-order valence-corrected chi connectivity index (χ4v) is 4.35. The van der Waals surface area contributed by atoms with E-state index in [0.717, 1.165) is 37.5 Å². The van der Waals surface area contributed by atoms with Gasteiger partial charge in [-0.05, 0) is 44.1 Å². The van der Waals surface area contributed by atoms with E-state index in [9.17, 15) is 20.2 Å². The molecule has 0 aliphatic heterocycles. The molecule has 8 heteroatoms. The first-order valence-electron chi connectivity index (χ1n) is 8.70. The molecule has 1 N–H and O–H groups in total. The number of nitro groups is 2. The molecule has 0 amide bonds. The molecule has 1 atom stereocenters. The first-order valence-corrected chi connectivity index (χ1v) is 8.70. The molecule has 1 spiro atoms. The van der Waals surface area contributed by atoms with Crippen molar-refractivity contribution in [2.75, 3.05) is 5.43 Å². The van der Waals surface area contributed by atoms with Crippen LogP contribution in [0.1, 0.15) is 51.9 Å². The molecule has 134 valence electrons. The maximum absolute atomic E-state index is 11.2. The molecule has 0 aromatic heterocycles. The molecule has 0 heterocycles. The molecule has 2 fully saturated rings. The van der Waals surface area contributed by atoms with Crippen LogP contribution in [0.5, 0.6) is 0 Å². The third-order valence-electron chi connectivity index (χ3n) is 5.76. The van der Waals surface area contributed by atoms with Gasteiger partial charge in [0, 0.05) is 17.2 Å². The van der Waals surface area contributed by atoms with Crippen LogP contribution in [0.3, 0.4) is 0 Å². The number of anilines is 1. The molecule has 2 saturated carbocycles. The van der Waals surface area contributed by atoms with Gasteiger partial charge in [0.05, 0.1) is 15.9 Å². The number of non-ortho nitro benzene ring substituents is 1. The van der Waals surface area contributed by atoms with Gasteiger partial charge in [-0.15, -0.1) is 0 Å². The van der Waals surface area contributed by atoms with Crippen LogP contribution in [-0.4, -0.2) is 15.6 Å². The summed E-state index contributed by atoms with van der Waals surface area (Å²) in [6.45, 7) is 2.27. The van der Waals surface area contributed by atoms with Gasteiger partial charge >= 0.3 is 5.69 Å². The highest BCUT2D eigenvalue weighted by Gasteiger charge is 2.45. The van der Waals surface area contributed by atoms with E-state index >= 15 is 0 Å². The Kier molecular flexibility index (Phi) is 4.69. The Morgan fingerprint density at radius 3 is 2.52 bits per heavy atom. The van der Waals surface area contributed by atoms with Crippen molar-refractivity contribution < 1.29 is 9.85 Å². The summed E-state index contributed by atoms with van der Waals surface area (Å²) in [6, 6.07) is 3.58. The highest BCUT2D eigenvalue weighted by atomic mass is 16.6. The molecule has 1 aromatic rings. The van der Waals surface area contributed by atoms with E-state index in [2.05, 4.69) is 17.5 Å². The number of nitro benzene ring substituents is 2. The van der Waals surface area contributed by atoms with E-state index in [-0.39, 0.29) is 22.5 Å². The normalized spacial score (nSPS) is 23.7. The first kappa shape index (κ1) is 17.3. The van der Waals surface area contributed by atoms with Gasteiger partial charge in [0.15, 0.2) is 0 Å². The van der Waals surface area contributed by atoms with E-state index in [1.54, 1.807) is 0 Å². The third-order valence-corrected chi connectivity index (χ3v) is 5.76. The van der Waals surface area contributed by atoms with Crippen molar-refractivity contribution in [1.29, 1.82) is 0 Å². The Bertz CT molecular complexity index is 725. The summed E-state index contributed by atoms with van der Waals surface area (Å²) >= 11 is 0.